The van der Waals surface area contributed by atoms with Crippen LogP contribution in [-0.2, 0) is 17.7 Å². The van der Waals surface area contributed by atoms with Crippen molar-refractivity contribution in [3.63, 3.8) is 0 Å². The summed E-state index contributed by atoms with van der Waals surface area (Å²) in [5, 5.41) is 0. The van der Waals surface area contributed by atoms with Gasteiger partial charge in [0.2, 0.25) is 0 Å². The molecule has 1 aromatic carbocycles. The summed E-state index contributed by atoms with van der Waals surface area (Å²) in [7, 11) is 0. The molecule has 0 saturated carbocycles. The summed E-state index contributed by atoms with van der Waals surface area (Å²) in [5.41, 5.74) is 1.47. The van der Waals surface area contributed by atoms with Gasteiger partial charge in [0, 0.05) is 32.2 Å². The summed E-state index contributed by atoms with van der Waals surface area (Å²) >= 11 is 0. The molecule has 0 atom stereocenters. The number of rotatable bonds is 1. The average molecular weight is 306 g/mol. The minimum atomic E-state index is -0.455. The van der Waals surface area contributed by atoms with E-state index < -0.39 is 5.60 Å². The predicted molar refractivity (Wildman–Crippen MR) is 82.1 cm³/mol. The highest BCUT2D eigenvalue weighted by Gasteiger charge is 2.38. The monoisotopic (exact) mass is 306 g/mol. The van der Waals surface area contributed by atoms with Crippen molar-refractivity contribution in [1.29, 1.82) is 0 Å². The molecule has 0 unspecified atom stereocenters. The molecule has 0 bridgehead atoms. The molecule has 2 aliphatic rings. The molecule has 2 heterocycles. The third kappa shape index (κ3) is 3.09. The largest absolute Gasteiger partial charge is 0.444 e. The van der Waals surface area contributed by atoms with E-state index in [0.717, 1.165) is 30.6 Å². The van der Waals surface area contributed by atoms with Crippen molar-refractivity contribution in [1.82, 2.24) is 9.80 Å². The standard InChI is InChI=1S/C17H23FN2O2/c1-17(2,3)22-16(21)20-10-13(11-20)19-8-7-14-12(9-19)5-4-6-15(14)18/h4-6,13H,7-11H2,1-3H3. The van der Waals surface area contributed by atoms with Crippen molar-refractivity contribution in [3.05, 3.63) is 35.1 Å². The van der Waals surface area contributed by atoms with Crippen LogP contribution in [0, 0.1) is 5.82 Å². The van der Waals surface area contributed by atoms with Gasteiger partial charge in [0.25, 0.3) is 0 Å². The van der Waals surface area contributed by atoms with Crippen molar-refractivity contribution in [2.24, 2.45) is 0 Å². The molecule has 0 spiro atoms. The first-order valence-corrected chi connectivity index (χ1v) is 7.82. The number of carbonyl (C=O) groups is 1. The molecule has 1 fully saturated rings. The molecule has 5 heteroatoms. The molecular formula is C17H23FN2O2. The second kappa shape index (κ2) is 5.54. The van der Waals surface area contributed by atoms with Gasteiger partial charge in [-0.2, -0.15) is 0 Å². The maximum Gasteiger partial charge on any atom is 0.410 e. The third-order valence-electron chi connectivity index (χ3n) is 4.27. The minimum Gasteiger partial charge on any atom is -0.444 e. The maximum atomic E-state index is 13.7. The van der Waals surface area contributed by atoms with Crippen LogP contribution in [0.1, 0.15) is 31.9 Å². The lowest BCUT2D eigenvalue weighted by Gasteiger charge is -2.46. The number of carbonyl (C=O) groups excluding carboxylic acids is 1. The highest BCUT2D eigenvalue weighted by molar-refractivity contribution is 5.69. The Hall–Kier alpha value is -1.62. The minimum absolute atomic E-state index is 0.0962. The quantitative estimate of drug-likeness (QED) is 0.800. The molecule has 22 heavy (non-hydrogen) atoms. The smallest absolute Gasteiger partial charge is 0.410 e. The van der Waals surface area contributed by atoms with Crippen molar-refractivity contribution >= 4 is 6.09 Å². The van der Waals surface area contributed by atoms with Gasteiger partial charge >= 0.3 is 6.09 Å². The first-order valence-electron chi connectivity index (χ1n) is 7.82. The average Bonchev–Trinajstić information content (AvgIpc) is 2.35. The van der Waals surface area contributed by atoms with Crippen LogP contribution in [0.25, 0.3) is 0 Å². The van der Waals surface area contributed by atoms with E-state index in [1.807, 2.05) is 26.8 Å². The Morgan fingerprint density at radius 3 is 2.73 bits per heavy atom. The van der Waals surface area contributed by atoms with E-state index in [-0.39, 0.29) is 11.9 Å². The van der Waals surface area contributed by atoms with Gasteiger partial charge < -0.3 is 9.64 Å². The Morgan fingerprint density at radius 1 is 1.32 bits per heavy atom. The van der Waals surface area contributed by atoms with Crippen LogP contribution >= 0.6 is 0 Å². The molecular weight excluding hydrogens is 283 g/mol. The second-order valence-corrected chi connectivity index (χ2v) is 7.14. The van der Waals surface area contributed by atoms with Gasteiger partial charge in [0.1, 0.15) is 11.4 Å². The maximum absolute atomic E-state index is 13.7. The molecule has 1 aromatic rings. The SMILES string of the molecule is CC(C)(C)OC(=O)N1CC(N2CCc3c(F)cccc3C2)C1. The van der Waals surface area contributed by atoms with Crippen LogP contribution in [0.15, 0.2) is 18.2 Å². The van der Waals surface area contributed by atoms with E-state index >= 15 is 0 Å². The Kier molecular flexibility index (Phi) is 3.85. The summed E-state index contributed by atoms with van der Waals surface area (Å²) in [6.45, 7) is 8.62. The van der Waals surface area contributed by atoms with E-state index in [4.69, 9.17) is 4.74 Å². The number of ether oxygens (including phenoxy) is 1. The topological polar surface area (TPSA) is 32.8 Å². The Balaban J connectivity index is 1.55. The number of hydrogen-bond acceptors (Lipinski definition) is 3. The highest BCUT2D eigenvalue weighted by atomic mass is 19.1. The normalized spacial score (nSPS) is 19.5. The van der Waals surface area contributed by atoms with Gasteiger partial charge in [-0.3, -0.25) is 4.90 Å². The van der Waals surface area contributed by atoms with Crippen LogP contribution in [0.4, 0.5) is 9.18 Å². The van der Waals surface area contributed by atoms with Gasteiger partial charge in [-0.1, -0.05) is 12.1 Å². The lowest BCUT2D eigenvalue weighted by molar-refractivity contribution is -0.0181. The first-order chi connectivity index (χ1) is 10.3. The molecule has 120 valence electrons. The molecule has 1 saturated heterocycles. The molecule has 0 aromatic heterocycles. The number of fused-ring (bicyclic) bond motifs is 1. The zero-order valence-electron chi connectivity index (χ0n) is 13.4. The van der Waals surface area contributed by atoms with Crippen LogP contribution < -0.4 is 0 Å². The van der Waals surface area contributed by atoms with Gasteiger partial charge in [-0.05, 0) is 44.4 Å². The summed E-state index contributed by atoms with van der Waals surface area (Å²) in [6.07, 6.45) is 0.498. The highest BCUT2D eigenvalue weighted by Crippen LogP contribution is 2.26. The molecule has 3 rings (SSSR count). The van der Waals surface area contributed by atoms with Gasteiger partial charge in [-0.25, -0.2) is 9.18 Å². The Labute approximate surface area is 130 Å². The predicted octanol–water partition coefficient (Wildman–Crippen LogP) is 2.80. The lowest BCUT2D eigenvalue weighted by atomic mass is 9.96. The van der Waals surface area contributed by atoms with E-state index in [9.17, 15) is 9.18 Å². The number of amides is 1. The van der Waals surface area contributed by atoms with Crippen LogP contribution in [0.2, 0.25) is 0 Å². The van der Waals surface area contributed by atoms with E-state index in [0.29, 0.717) is 19.1 Å². The molecule has 4 nitrogen and oxygen atoms in total. The summed E-state index contributed by atoms with van der Waals surface area (Å²) in [6, 6.07) is 5.64. The molecule has 1 amide bonds. The van der Waals surface area contributed by atoms with Crippen LogP contribution in [0.3, 0.4) is 0 Å². The van der Waals surface area contributed by atoms with E-state index in [2.05, 4.69) is 4.90 Å². The number of likely N-dealkylation sites (tertiary alicyclic amines) is 1. The van der Waals surface area contributed by atoms with Crippen molar-refractivity contribution in [3.8, 4) is 0 Å². The molecule has 0 N–H and O–H groups in total. The third-order valence-corrected chi connectivity index (χ3v) is 4.27. The fourth-order valence-corrected chi connectivity index (χ4v) is 3.06. The van der Waals surface area contributed by atoms with Crippen LogP contribution in [-0.4, -0.2) is 47.2 Å². The first kappa shape index (κ1) is 15.3. The summed E-state index contributed by atoms with van der Waals surface area (Å²) in [4.78, 5) is 16.0. The zero-order valence-corrected chi connectivity index (χ0v) is 13.4. The van der Waals surface area contributed by atoms with Crippen molar-refractivity contribution in [2.45, 2.75) is 45.4 Å². The van der Waals surface area contributed by atoms with E-state index in [1.165, 1.54) is 6.07 Å². The van der Waals surface area contributed by atoms with Gasteiger partial charge in [-0.15, -0.1) is 0 Å². The Morgan fingerprint density at radius 2 is 2.05 bits per heavy atom. The van der Waals surface area contributed by atoms with E-state index in [1.54, 1.807) is 11.0 Å². The Bertz CT molecular complexity index is 577. The fraction of sp³-hybridized carbons (Fsp3) is 0.588. The van der Waals surface area contributed by atoms with Crippen LogP contribution in [0.5, 0.6) is 0 Å². The van der Waals surface area contributed by atoms with Crippen molar-refractivity contribution < 1.29 is 13.9 Å². The molecule has 0 radical (unpaired) electrons. The molecule has 0 aliphatic carbocycles. The summed E-state index contributed by atoms with van der Waals surface area (Å²) < 4.78 is 19.1. The number of nitrogens with zero attached hydrogens (tertiary/aromatic N) is 2. The second-order valence-electron chi connectivity index (χ2n) is 7.14. The van der Waals surface area contributed by atoms with Crippen molar-refractivity contribution in [2.75, 3.05) is 19.6 Å². The number of halogens is 1. The lowest BCUT2D eigenvalue weighted by Crippen LogP contribution is -2.62. The number of benzene rings is 1. The fourth-order valence-electron chi connectivity index (χ4n) is 3.06. The van der Waals surface area contributed by atoms with Gasteiger partial charge in [0.15, 0.2) is 0 Å². The molecule has 2 aliphatic heterocycles. The summed E-state index contributed by atoms with van der Waals surface area (Å²) in [5.74, 6) is -0.0962. The zero-order chi connectivity index (χ0) is 15.9. The van der Waals surface area contributed by atoms with Gasteiger partial charge in [0.05, 0.1) is 0 Å². The number of hydrogen-bond donors (Lipinski definition) is 0.